The van der Waals surface area contributed by atoms with Gasteiger partial charge in [0.05, 0.1) is 0 Å². The third-order valence-corrected chi connectivity index (χ3v) is 4.07. The van der Waals surface area contributed by atoms with Gasteiger partial charge in [0.2, 0.25) is 0 Å². The highest BCUT2D eigenvalue weighted by Crippen LogP contribution is 2.34. The second-order valence-corrected chi connectivity index (χ2v) is 6.35. The number of benzene rings is 1. The molecular formula is C16H26ClN. The van der Waals surface area contributed by atoms with E-state index < -0.39 is 0 Å². The maximum Gasteiger partial charge on any atom is 0.0406 e. The minimum absolute atomic E-state index is 0.0452. The molecule has 0 heterocycles. The summed E-state index contributed by atoms with van der Waals surface area (Å²) in [5, 5.41) is 0.787. The smallest absolute Gasteiger partial charge is 0.0406 e. The molecule has 0 aliphatic heterocycles. The summed E-state index contributed by atoms with van der Waals surface area (Å²) in [6.07, 6.45) is 3.31. The van der Waals surface area contributed by atoms with Crippen LogP contribution in [-0.2, 0) is 5.41 Å². The van der Waals surface area contributed by atoms with E-state index in [-0.39, 0.29) is 11.5 Å². The molecular weight excluding hydrogens is 242 g/mol. The molecule has 1 aromatic carbocycles. The molecule has 1 rings (SSSR count). The first-order valence-corrected chi connectivity index (χ1v) is 7.29. The molecule has 2 N–H and O–H groups in total. The lowest BCUT2D eigenvalue weighted by molar-refractivity contribution is 0.304. The van der Waals surface area contributed by atoms with Gasteiger partial charge >= 0.3 is 0 Å². The summed E-state index contributed by atoms with van der Waals surface area (Å²) >= 11 is 5.97. The molecule has 2 atom stereocenters. The van der Waals surface area contributed by atoms with E-state index in [2.05, 4.69) is 39.8 Å². The van der Waals surface area contributed by atoms with E-state index in [9.17, 15) is 0 Å². The van der Waals surface area contributed by atoms with Gasteiger partial charge in [0.1, 0.15) is 0 Å². The molecule has 0 spiro atoms. The number of hydrogen-bond acceptors (Lipinski definition) is 1. The van der Waals surface area contributed by atoms with E-state index in [1.165, 1.54) is 5.56 Å². The standard InChI is InChI=1S/C16H26ClN/c1-5-10-16(4,15(18)11-12(2)3)13-6-8-14(17)9-7-13/h6-9,12,15H,5,10-11,18H2,1-4H3. The highest BCUT2D eigenvalue weighted by atomic mass is 35.5. The first-order chi connectivity index (χ1) is 8.40. The van der Waals surface area contributed by atoms with Gasteiger partial charge in [-0.15, -0.1) is 0 Å². The van der Waals surface area contributed by atoms with E-state index in [0.717, 1.165) is 24.3 Å². The number of rotatable bonds is 6. The topological polar surface area (TPSA) is 26.0 Å². The number of nitrogens with two attached hydrogens (primary N) is 1. The zero-order valence-corrected chi connectivity index (χ0v) is 12.8. The Morgan fingerprint density at radius 2 is 1.78 bits per heavy atom. The van der Waals surface area contributed by atoms with Gasteiger partial charge in [-0.05, 0) is 36.5 Å². The lowest BCUT2D eigenvalue weighted by Gasteiger charge is -2.37. The Bertz CT molecular complexity index is 358. The highest BCUT2D eigenvalue weighted by Gasteiger charge is 2.32. The van der Waals surface area contributed by atoms with Crippen LogP contribution in [0, 0.1) is 5.92 Å². The van der Waals surface area contributed by atoms with E-state index in [0.29, 0.717) is 5.92 Å². The molecule has 0 amide bonds. The van der Waals surface area contributed by atoms with Crippen LogP contribution in [0.15, 0.2) is 24.3 Å². The molecule has 0 aromatic heterocycles. The Morgan fingerprint density at radius 1 is 1.22 bits per heavy atom. The van der Waals surface area contributed by atoms with Crippen LogP contribution in [0.4, 0.5) is 0 Å². The maximum atomic E-state index is 6.48. The van der Waals surface area contributed by atoms with Gasteiger partial charge in [0.25, 0.3) is 0 Å². The Labute approximate surface area is 117 Å². The van der Waals surface area contributed by atoms with Crippen LogP contribution in [0.2, 0.25) is 5.02 Å². The van der Waals surface area contributed by atoms with Crippen molar-refractivity contribution in [3.8, 4) is 0 Å². The Morgan fingerprint density at radius 3 is 2.22 bits per heavy atom. The second-order valence-electron chi connectivity index (χ2n) is 5.91. The quantitative estimate of drug-likeness (QED) is 0.789. The van der Waals surface area contributed by atoms with Crippen molar-refractivity contribution in [2.24, 2.45) is 11.7 Å². The van der Waals surface area contributed by atoms with Crippen molar-refractivity contribution in [3.63, 3.8) is 0 Å². The first-order valence-electron chi connectivity index (χ1n) is 6.91. The highest BCUT2D eigenvalue weighted by molar-refractivity contribution is 6.30. The minimum atomic E-state index is 0.0452. The van der Waals surface area contributed by atoms with Crippen LogP contribution < -0.4 is 5.73 Å². The van der Waals surface area contributed by atoms with Crippen molar-refractivity contribution < 1.29 is 0 Å². The van der Waals surface area contributed by atoms with Crippen LogP contribution in [0.25, 0.3) is 0 Å². The molecule has 2 unspecified atom stereocenters. The van der Waals surface area contributed by atoms with Crippen molar-refractivity contribution in [2.75, 3.05) is 0 Å². The third-order valence-electron chi connectivity index (χ3n) is 3.82. The van der Waals surface area contributed by atoms with E-state index >= 15 is 0 Å². The van der Waals surface area contributed by atoms with Crippen molar-refractivity contribution >= 4 is 11.6 Å². The molecule has 0 bridgehead atoms. The molecule has 102 valence electrons. The monoisotopic (exact) mass is 267 g/mol. The lowest BCUT2D eigenvalue weighted by atomic mass is 9.71. The van der Waals surface area contributed by atoms with Crippen LogP contribution in [0.3, 0.4) is 0 Å². The van der Waals surface area contributed by atoms with Crippen molar-refractivity contribution in [1.29, 1.82) is 0 Å². The minimum Gasteiger partial charge on any atom is -0.327 e. The summed E-state index contributed by atoms with van der Waals surface area (Å²) in [6.45, 7) is 8.96. The fourth-order valence-electron chi connectivity index (χ4n) is 2.66. The molecule has 0 fully saturated rings. The zero-order chi connectivity index (χ0) is 13.8. The first kappa shape index (κ1) is 15.5. The fraction of sp³-hybridized carbons (Fsp3) is 0.625. The molecule has 1 nitrogen and oxygen atoms in total. The molecule has 0 saturated carbocycles. The molecule has 2 heteroatoms. The molecule has 0 saturated heterocycles. The third kappa shape index (κ3) is 3.73. The normalized spacial score (nSPS) is 16.6. The van der Waals surface area contributed by atoms with Gasteiger partial charge in [0.15, 0.2) is 0 Å². The van der Waals surface area contributed by atoms with Gasteiger partial charge < -0.3 is 5.73 Å². The molecule has 1 aromatic rings. The average molecular weight is 268 g/mol. The second kappa shape index (κ2) is 6.58. The van der Waals surface area contributed by atoms with E-state index in [1.807, 2.05) is 12.1 Å². The van der Waals surface area contributed by atoms with Crippen molar-refractivity contribution in [2.45, 2.75) is 58.4 Å². The summed E-state index contributed by atoms with van der Waals surface area (Å²) in [6, 6.07) is 8.37. The van der Waals surface area contributed by atoms with Gasteiger partial charge in [-0.1, -0.05) is 57.8 Å². The van der Waals surface area contributed by atoms with Gasteiger partial charge in [-0.3, -0.25) is 0 Å². The molecule has 0 aliphatic rings. The van der Waals surface area contributed by atoms with E-state index in [4.69, 9.17) is 17.3 Å². The summed E-state index contributed by atoms with van der Waals surface area (Å²) in [7, 11) is 0. The Balaban J connectivity index is 3.01. The van der Waals surface area contributed by atoms with Crippen LogP contribution >= 0.6 is 11.6 Å². The fourth-order valence-corrected chi connectivity index (χ4v) is 2.79. The summed E-state index contributed by atoms with van der Waals surface area (Å²) in [4.78, 5) is 0. The van der Waals surface area contributed by atoms with Crippen LogP contribution in [0.5, 0.6) is 0 Å². The molecule has 0 aliphatic carbocycles. The largest absolute Gasteiger partial charge is 0.327 e. The van der Waals surface area contributed by atoms with Crippen LogP contribution in [0.1, 0.15) is 52.5 Å². The van der Waals surface area contributed by atoms with Crippen molar-refractivity contribution in [1.82, 2.24) is 0 Å². The van der Waals surface area contributed by atoms with Gasteiger partial charge in [-0.2, -0.15) is 0 Å². The summed E-state index contributed by atoms with van der Waals surface area (Å²) in [5.41, 5.74) is 7.83. The van der Waals surface area contributed by atoms with Crippen LogP contribution in [-0.4, -0.2) is 6.04 Å². The number of halogens is 1. The van der Waals surface area contributed by atoms with E-state index in [1.54, 1.807) is 0 Å². The molecule has 0 radical (unpaired) electrons. The number of hydrogen-bond donors (Lipinski definition) is 1. The summed E-state index contributed by atoms with van der Waals surface area (Å²) < 4.78 is 0. The Hall–Kier alpha value is -0.530. The molecule has 18 heavy (non-hydrogen) atoms. The predicted octanol–water partition coefficient (Wildman–Crippen LogP) is 4.77. The Kier molecular flexibility index (Phi) is 5.68. The predicted molar refractivity (Wildman–Crippen MR) is 81.1 cm³/mol. The maximum absolute atomic E-state index is 6.48. The van der Waals surface area contributed by atoms with Gasteiger partial charge in [0, 0.05) is 16.5 Å². The average Bonchev–Trinajstić information content (AvgIpc) is 2.29. The SMILES string of the molecule is CCCC(C)(c1ccc(Cl)cc1)C(N)CC(C)C. The lowest BCUT2D eigenvalue weighted by Crippen LogP contribution is -2.44. The van der Waals surface area contributed by atoms with Crippen molar-refractivity contribution in [3.05, 3.63) is 34.9 Å². The van der Waals surface area contributed by atoms with Gasteiger partial charge in [-0.25, -0.2) is 0 Å². The zero-order valence-electron chi connectivity index (χ0n) is 12.0. The summed E-state index contributed by atoms with van der Waals surface area (Å²) in [5.74, 6) is 0.628.